The SMILES string of the molecule is COc1ccc2c(CN(C)CC(=O)Nc3ccc(N4CCOCC4)cc3)cc(=O)oc2c1. The number of ether oxygens (including phenoxy) is 2. The Morgan fingerprint density at radius 2 is 1.88 bits per heavy atom. The fraction of sp³-hybridized carbons (Fsp3) is 0.333. The summed E-state index contributed by atoms with van der Waals surface area (Å²) >= 11 is 0. The highest BCUT2D eigenvalue weighted by Gasteiger charge is 2.13. The number of amides is 1. The molecule has 8 nitrogen and oxygen atoms in total. The first-order chi connectivity index (χ1) is 15.5. The van der Waals surface area contributed by atoms with Gasteiger partial charge in [-0.3, -0.25) is 9.69 Å². The number of hydrogen-bond donors (Lipinski definition) is 1. The number of nitrogens with one attached hydrogen (secondary N) is 1. The predicted octanol–water partition coefficient (Wildman–Crippen LogP) is 2.71. The molecule has 2 aromatic carbocycles. The van der Waals surface area contributed by atoms with E-state index in [-0.39, 0.29) is 12.5 Å². The van der Waals surface area contributed by atoms with E-state index in [0.717, 1.165) is 48.6 Å². The minimum absolute atomic E-state index is 0.124. The van der Waals surface area contributed by atoms with Crippen molar-refractivity contribution in [1.82, 2.24) is 4.90 Å². The molecule has 1 aliphatic rings. The van der Waals surface area contributed by atoms with E-state index < -0.39 is 5.63 Å². The first-order valence-electron chi connectivity index (χ1n) is 10.5. The first-order valence-corrected chi connectivity index (χ1v) is 10.5. The second-order valence-electron chi connectivity index (χ2n) is 7.82. The van der Waals surface area contributed by atoms with Gasteiger partial charge >= 0.3 is 5.63 Å². The monoisotopic (exact) mass is 437 g/mol. The van der Waals surface area contributed by atoms with Crippen LogP contribution in [0.15, 0.2) is 57.7 Å². The van der Waals surface area contributed by atoms with Crippen LogP contribution in [0.2, 0.25) is 0 Å². The number of rotatable bonds is 7. The lowest BCUT2D eigenvalue weighted by molar-refractivity contribution is -0.117. The largest absolute Gasteiger partial charge is 0.497 e. The third-order valence-corrected chi connectivity index (χ3v) is 5.42. The molecular weight excluding hydrogens is 410 g/mol. The summed E-state index contributed by atoms with van der Waals surface area (Å²) in [5.41, 5.74) is 2.70. The number of likely N-dealkylation sites (N-methyl/N-ethyl adjacent to an activating group) is 1. The maximum absolute atomic E-state index is 12.5. The lowest BCUT2D eigenvalue weighted by atomic mass is 10.1. The second-order valence-corrected chi connectivity index (χ2v) is 7.82. The van der Waals surface area contributed by atoms with Crippen molar-refractivity contribution in [2.75, 3.05) is 57.2 Å². The maximum atomic E-state index is 12.5. The predicted molar refractivity (Wildman–Crippen MR) is 123 cm³/mol. The zero-order chi connectivity index (χ0) is 22.5. The Hall–Kier alpha value is -3.36. The van der Waals surface area contributed by atoms with Crippen LogP contribution in [0.5, 0.6) is 5.75 Å². The van der Waals surface area contributed by atoms with E-state index in [1.807, 2.05) is 48.3 Å². The normalized spacial score (nSPS) is 14.0. The van der Waals surface area contributed by atoms with Crippen molar-refractivity contribution in [3.05, 3.63) is 64.5 Å². The van der Waals surface area contributed by atoms with Crippen LogP contribution in [0.3, 0.4) is 0 Å². The molecular formula is C24H27N3O5. The van der Waals surface area contributed by atoms with Crippen LogP contribution >= 0.6 is 0 Å². The molecule has 32 heavy (non-hydrogen) atoms. The molecule has 2 heterocycles. The minimum atomic E-state index is -0.432. The van der Waals surface area contributed by atoms with Crippen LogP contribution in [-0.4, -0.2) is 57.8 Å². The Kier molecular flexibility index (Phi) is 6.72. The Morgan fingerprint density at radius 1 is 1.12 bits per heavy atom. The van der Waals surface area contributed by atoms with E-state index >= 15 is 0 Å². The van der Waals surface area contributed by atoms with Crippen molar-refractivity contribution >= 4 is 28.3 Å². The summed E-state index contributed by atoms with van der Waals surface area (Å²) in [4.78, 5) is 28.6. The number of carbonyl (C=O) groups excluding carboxylic acids is 1. The van der Waals surface area contributed by atoms with Gasteiger partial charge in [0.15, 0.2) is 0 Å². The zero-order valence-electron chi connectivity index (χ0n) is 18.3. The van der Waals surface area contributed by atoms with Crippen molar-refractivity contribution in [3.63, 3.8) is 0 Å². The lowest BCUT2D eigenvalue weighted by Crippen LogP contribution is -2.36. The third-order valence-electron chi connectivity index (χ3n) is 5.42. The van der Waals surface area contributed by atoms with Gasteiger partial charge < -0.3 is 24.1 Å². The van der Waals surface area contributed by atoms with E-state index in [1.54, 1.807) is 13.2 Å². The van der Waals surface area contributed by atoms with Crippen molar-refractivity contribution < 1.29 is 18.7 Å². The van der Waals surface area contributed by atoms with Crippen molar-refractivity contribution in [2.45, 2.75) is 6.54 Å². The molecule has 168 valence electrons. The molecule has 8 heteroatoms. The smallest absolute Gasteiger partial charge is 0.336 e. The van der Waals surface area contributed by atoms with Crippen LogP contribution < -0.4 is 20.6 Å². The molecule has 0 aliphatic carbocycles. The van der Waals surface area contributed by atoms with Gasteiger partial charge in [0.1, 0.15) is 11.3 Å². The van der Waals surface area contributed by atoms with Gasteiger partial charge in [0, 0.05) is 48.5 Å². The number of carbonyl (C=O) groups is 1. The highest BCUT2D eigenvalue weighted by Crippen LogP contribution is 2.23. The molecule has 0 spiro atoms. The summed E-state index contributed by atoms with van der Waals surface area (Å²) in [6, 6.07) is 14.7. The average Bonchev–Trinajstić information content (AvgIpc) is 2.79. The standard InChI is InChI=1S/C24H27N3O5/c1-26(15-17-13-24(29)32-22-14-20(30-2)7-8-21(17)22)16-23(28)25-18-3-5-19(6-4-18)27-9-11-31-12-10-27/h3-8,13-14H,9-12,15-16H2,1-2H3,(H,25,28). The fourth-order valence-electron chi connectivity index (χ4n) is 3.84. The van der Waals surface area contributed by atoms with Gasteiger partial charge in [0.05, 0.1) is 26.9 Å². The minimum Gasteiger partial charge on any atom is -0.497 e. The summed E-state index contributed by atoms with van der Waals surface area (Å²) in [6.45, 7) is 3.82. The topological polar surface area (TPSA) is 84.3 Å². The summed E-state index contributed by atoms with van der Waals surface area (Å²) in [5, 5.41) is 3.75. The van der Waals surface area contributed by atoms with Crippen LogP contribution in [0.1, 0.15) is 5.56 Å². The first kappa shape index (κ1) is 21.9. The summed E-state index contributed by atoms with van der Waals surface area (Å²) < 4.78 is 15.9. The van der Waals surface area contributed by atoms with E-state index in [0.29, 0.717) is 17.9 Å². The molecule has 0 bridgehead atoms. The van der Waals surface area contributed by atoms with Gasteiger partial charge in [0.25, 0.3) is 0 Å². The molecule has 4 rings (SSSR count). The quantitative estimate of drug-likeness (QED) is 0.569. The van der Waals surface area contributed by atoms with E-state index in [4.69, 9.17) is 13.9 Å². The summed E-state index contributed by atoms with van der Waals surface area (Å²) in [6.07, 6.45) is 0. The van der Waals surface area contributed by atoms with Crippen LogP contribution in [0, 0.1) is 0 Å². The second kappa shape index (κ2) is 9.84. The highest BCUT2D eigenvalue weighted by molar-refractivity contribution is 5.92. The number of fused-ring (bicyclic) bond motifs is 1. The Morgan fingerprint density at radius 3 is 2.59 bits per heavy atom. The third kappa shape index (κ3) is 5.27. The fourth-order valence-corrected chi connectivity index (χ4v) is 3.84. The highest BCUT2D eigenvalue weighted by atomic mass is 16.5. The van der Waals surface area contributed by atoms with Gasteiger partial charge in [-0.05, 0) is 49.0 Å². The molecule has 1 N–H and O–H groups in total. The molecule has 0 saturated carbocycles. The Balaban J connectivity index is 1.37. The molecule has 3 aromatic rings. The van der Waals surface area contributed by atoms with Crippen LogP contribution in [-0.2, 0) is 16.1 Å². The van der Waals surface area contributed by atoms with E-state index in [9.17, 15) is 9.59 Å². The van der Waals surface area contributed by atoms with Gasteiger partial charge in [0.2, 0.25) is 5.91 Å². The molecule has 1 amide bonds. The van der Waals surface area contributed by atoms with Gasteiger partial charge in [-0.25, -0.2) is 4.79 Å². The van der Waals surface area contributed by atoms with E-state index in [2.05, 4.69) is 10.2 Å². The average molecular weight is 437 g/mol. The van der Waals surface area contributed by atoms with Crippen molar-refractivity contribution in [1.29, 1.82) is 0 Å². The summed E-state index contributed by atoms with van der Waals surface area (Å²) in [7, 11) is 3.40. The van der Waals surface area contributed by atoms with Crippen molar-refractivity contribution in [2.24, 2.45) is 0 Å². The van der Waals surface area contributed by atoms with Gasteiger partial charge in [-0.15, -0.1) is 0 Å². The molecule has 1 aromatic heterocycles. The Labute approximate surface area is 186 Å². The molecule has 1 aliphatic heterocycles. The number of benzene rings is 2. The van der Waals surface area contributed by atoms with Crippen molar-refractivity contribution in [3.8, 4) is 5.75 Å². The number of methoxy groups -OCH3 is 1. The number of morpholine rings is 1. The molecule has 0 atom stereocenters. The van der Waals surface area contributed by atoms with Gasteiger partial charge in [-0.1, -0.05) is 0 Å². The molecule has 1 saturated heterocycles. The van der Waals surface area contributed by atoms with Crippen LogP contribution in [0.25, 0.3) is 11.0 Å². The van der Waals surface area contributed by atoms with Gasteiger partial charge in [-0.2, -0.15) is 0 Å². The lowest BCUT2D eigenvalue weighted by Gasteiger charge is -2.28. The molecule has 0 radical (unpaired) electrons. The Bertz CT molecular complexity index is 1140. The zero-order valence-corrected chi connectivity index (χ0v) is 18.3. The molecule has 1 fully saturated rings. The summed E-state index contributed by atoms with van der Waals surface area (Å²) in [5.74, 6) is 0.491. The number of nitrogens with zero attached hydrogens (tertiary/aromatic N) is 2. The maximum Gasteiger partial charge on any atom is 0.336 e. The number of hydrogen-bond acceptors (Lipinski definition) is 7. The molecule has 0 unspecified atom stereocenters. The number of anilines is 2. The van der Waals surface area contributed by atoms with Crippen LogP contribution in [0.4, 0.5) is 11.4 Å². The van der Waals surface area contributed by atoms with E-state index in [1.165, 1.54) is 6.07 Å².